The molecule has 0 saturated carbocycles. The number of aromatic nitrogens is 2. The monoisotopic (exact) mass is 447 g/mol. The molecule has 2 aromatic heterocycles. The fraction of sp³-hybridized carbons (Fsp3) is 0.158. The molecule has 0 aliphatic heterocycles. The quantitative estimate of drug-likeness (QED) is 0.507. The van der Waals surface area contributed by atoms with Crippen molar-refractivity contribution in [2.75, 3.05) is 17.6 Å². The van der Waals surface area contributed by atoms with E-state index < -0.39 is 39.1 Å². The van der Waals surface area contributed by atoms with Gasteiger partial charge in [0.15, 0.2) is 17.3 Å². The summed E-state index contributed by atoms with van der Waals surface area (Å²) >= 11 is 0. The number of rotatable bonds is 6. The molecule has 0 aliphatic carbocycles. The second kappa shape index (κ2) is 8.14. The maximum atomic E-state index is 13.4. The van der Waals surface area contributed by atoms with Crippen LogP contribution in [0.25, 0.3) is 10.9 Å². The number of carbonyl (C=O) groups is 2. The normalized spacial score (nSPS) is 11.3. The van der Waals surface area contributed by atoms with Gasteiger partial charge in [0.05, 0.1) is 6.26 Å². The van der Waals surface area contributed by atoms with Crippen LogP contribution >= 0.6 is 0 Å². The minimum absolute atomic E-state index is 0.0206. The van der Waals surface area contributed by atoms with Gasteiger partial charge in [0.25, 0.3) is 5.91 Å². The molecular formula is C19H18FN5O5S. The summed E-state index contributed by atoms with van der Waals surface area (Å²) in [5.41, 5.74) is 4.88. The fourth-order valence-electron chi connectivity index (χ4n) is 2.85. The van der Waals surface area contributed by atoms with Crippen LogP contribution in [0.4, 0.5) is 10.2 Å². The van der Waals surface area contributed by atoms with E-state index in [1.165, 1.54) is 31.4 Å². The maximum Gasteiger partial charge on any atom is 0.274 e. The van der Waals surface area contributed by atoms with E-state index in [-0.39, 0.29) is 34.4 Å². The summed E-state index contributed by atoms with van der Waals surface area (Å²) in [5.74, 6) is -3.07. The van der Waals surface area contributed by atoms with E-state index in [9.17, 15) is 27.5 Å². The van der Waals surface area contributed by atoms with E-state index in [0.717, 1.165) is 22.7 Å². The lowest BCUT2D eigenvalue weighted by Gasteiger charge is -2.19. The molecule has 31 heavy (non-hydrogen) atoms. The van der Waals surface area contributed by atoms with Crippen molar-refractivity contribution < 1.29 is 27.5 Å². The van der Waals surface area contributed by atoms with Crippen LogP contribution in [0.5, 0.6) is 5.75 Å². The first-order valence-electron chi connectivity index (χ1n) is 8.78. The second-order valence-electron chi connectivity index (χ2n) is 6.61. The number of benzene rings is 1. The summed E-state index contributed by atoms with van der Waals surface area (Å²) in [6, 6.07) is 6.36. The van der Waals surface area contributed by atoms with Crippen LogP contribution in [0.1, 0.15) is 26.4 Å². The van der Waals surface area contributed by atoms with E-state index >= 15 is 0 Å². The SMILES string of the molecule is CN(c1nc(C(=O)NCc2ccc(F)cc2C(N)=O)c(O)c2ncccc12)S(C)(=O)=O. The zero-order valence-corrected chi connectivity index (χ0v) is 17.3. The number of anilines is 1. The lowest BCUT2D eigenvalue weighted by molar-refractivity contribution is 0.0939. The zero-order valence-electron chi connectivity index (χ0n) is 16.5. The molecule has 0 fully saturated rings. The van der Waals surface area contributed by atoms with Gasteiger partial charge >= 0.3 is 0 Å². The number of amides is 2. The molecule has 2 heterocycles. The maximum absolute atomic E-state index is 13.4. The number of nitrogens with one attached hydrogen (secondary N) is 1. The van der Waals surface area contributed by atoms with Crippen molar-refractivity contribution >= 4 is 38.6 Å². The largest absolute Gasteiger partial charge is 0.504 e. The molecule has 0 unspecified atom stereocenters. The number of carbonyl (C=O) groups excluding carboxylic acids is 2. The third kappa shape index (κ3) is 4.38. The zero-order chi connectivity index (χ0) is 22.9. The van der Waals surface area contributed by atoms with Gasteiger partial charge in [0, 0.05) is 30.7 Å². The summed E-state index contributed by atoms with van der Waals surface area (Å²) in [7, 11) is -2.48. The van der Waals surface area contributed by atoms with Crippen molar-refractivity contribution in [2.45, 2.75) is 6.54 Å². The number of halogens is 1. The molecule has 10 nitrogen and oxygen atoms in total. The number of pyridine rings is 2. The average molecular weight is 447 g/mol. The number of hydrogen-bond acceptors (Lipinski definition) is 7. The summed E-state index contributed by atoms with van der Waals surface area (Å²) in [4.78, 5) is 32.3. The molecule has 0 atom stereocenters. The number of primary amides is 1. The van der Waals surface area contributed by atoms with Crippen LogP contribution in [0.2, 0.25) is 0 Å². The first kappa shape index (κ1) is 21.9. The van der Waals surface area contributed by atoms with Gasteiger partial charge in [-0.1, -0.05) is 6.07 Å². The van der Waals surface area contributed by atoms with E-state index in [0.29, 0.717) is 0 Å². The van der Waals surface area contributed by atoms with Crippen molar-refractivity contribution in [2.24, 2.45) is 5.73 Å². The summed E-state index contributed by atoms with van der Waals surface area (Å²) in [6.45, 7) is -0.226. The van der Waals surface area contributed by atoms with Gasteiger partial charge in [-0.2, -0.15) is 0 Å². The first-order chi connectivity index (χ1) is 14.5. The Balaban J connectivity index is 2.02. The Morgan fingerprint density at radius 3 is 2.65 bits per heavy atom. The Bertz CT molecular complexity index is 1310. The number of nitrogens with zero attached hydrogens (tertiary/aromatic N) is 3. The minimum Gasteiger partial charge on any atom is -0.504 e. The molecule has 1 aromatic carbocycles. The van der Waals surface area contributed by atoms with E-state index in [2.05, 4.69) is 15.3 Å². The highest BCUT2D eigenvalue weighted by atomic mass is 32.2. The number of hydrogen-bond donors (Lipinski definition) is 3. The lowest BCUT2D eigenvalue weighted by atomic mass is 10.1. The number of fused-ring (bicyclic) bond motifs is 1. The number of sulfonamides is 1. The molecular weight excluding hydrogens is 429 g/mol. The Labute approximate surface area is 176 Å². The second-order valence-corrected chi connectivity index (χ2v) is 8.62. The first-order valence-corrected chi connectivity index (χ1v) is 10.6. The van der Waals surface area contributed by atoms with Gasteiger partial charge in [-0.15, -0.1) is 0 Å². The van der Waals surface area contributed by atoms with Crippen LogP contribution in [0, 0.1) is 5.82 Å². The Kier molecular flexibility index (Phi) is 5.75. The standard InChI is InChI=1S/C19H18FN5O5S/c1-25(31(2,29)30)18-12-4-3-7-22-14(12)16(26)15(24-18)19(28)23-9-10-5-6-11(20)8-13(10)17(21)27/h3-8,26H,9H2,1-2H3,(H2,21,27)(H,23,28). The van der Waals surface area contributed by atoms with Crippen LogP contribution < -0.4 is 15.4 Å². The van der Waals surface area contributed by atoms with Gasteiger partial charge in [-0.3, -0.25) is 18.9 Å². The van der Waals surface area contributed by atoms with Crippen LogP contribution in [-0.4, -0.2) is 48.6 Å². The average Bonchev–Trinajstić information content (AvgIpc) is 2.71. The number of aromatic hydroxyl groups is 1. The fourth-order valence-corrected chi connectivity index (χ4v) is 3.31. The Morgan fingerprint density at radius 1 is 1.29 bits per heavy atom. The minimum atomic E-state index is -3.73. The van der Waals surface area contributed by atoms with Crippen LogP contribution in [-0.2, 0) is 16.6 Å². The molecule has 0 bridgehead atoms. The van der Waals surface area contributed by atoms with Crippen LogP contribution in [0.15, 0.2) is 36.5 Å². The van der Waals surface area contributed by atoms with Crippen molar-refractivity contribution in [3.63, 3.8) is 0 Å². The summed E-state index contributed by atoms with van der Waals surface area (Å²) in [6.07, 6.45) is 2.33. The third-order valence-corrected chi connectivity index (χ3v) is 5.67. The van der Waals surface area contributed by atoms with E-state index in [4.69, 9.17) is 5.73 Å². The Hall–Kier alpha value is -3.80. The summed E-state index contributed by atoms with van der Waals surface area (Å²) < 4.78 is 38.3. The van der Waals surface area contributed by atoms with E-state index in [1.807, 2.05) is 0 Å². The highest BCUT2D eigenvalue weighted by Gasteiger charge is 2.24. The molecule has 3 aromatic rings. The van der Waals surface area contributed by atoms with Crippen molar-refractivity contribution in [1.82, 2.24) is 15.3 Å². The molecule has 0 radical (unpaired) electrons. The number of nitrogens with two attached hydrogens (primary N) is 1. The molecule has 12 heteroatoms. The van der Waals surface area contributed by atoms with Gasteiger partial charge in [0.1, 0.15) is 11.3 Å². The predicted molar refractivity (Wildman–Crippen MR) is 111 cm³/mol. The van der Waals surface area contributed by atoms with Gasteiger partial charge in [0.2, 0.25) is 15.9 Å². The van der Waals surface area contributed by atoms with Crippen molar-refractivity contribution in [3.8, 4) is 5.75 Å². The molecule has 0 aliphatic rings. The smallest absolute Gasteiger partial charge is 0.274 e. The van der Waals surface area contributed by atoms with Gasteiger partial charge in [-0.25, -0.2) is 17.8 Å². The molecule has 2 amide bonds. The molecule has 0 spiro atoms. The topological polar surface area (TPSA) is 156 Å². The van der Waals surface area contributed by atoms with Crippen LogP contribution in [0.3, 0.4) is 0 Å². The Morgan fingerprint density at radius 2 is 2.00 bits per heavy atom. The van der Waals surface area contributed by atoms with Crippen molar-refractivity contribution in [3.05, 3.63) is 59.2 Å². The molecule has 3 rings (SSSR count). The summed E-state index contributed by atoms with van der Waals surface area (Å²) in [5, 5.41) is 13.2. The molecule has 4 N–H and O–H groups in total. The van der Waals surface area contributed by atoms with E-state index in [1.54, 1.807) is 0 Å². The van der Waals surface area contributed by atoms with Gasteiger partial charge in [-0.05, 0) is 29.8 Å². The van der Waals surface area contributed by atoms with Crippen molar-refractivity contribution in [1.29, 1.82) is 0 Å². The predicted octanol–water partition coefficient (Wildman–Crippen LogP) is 0.899. The third-order valence-electron chi connectivity index (χ3n) is 4.50. The molecule has 0 saturated heterocycles. The van der Waals surface area contributed by atoms with Gasteiger partial charge < -0.3 is 16.2 Å². The lowest BCUT2D eigenvalue weighted by Crippen LogP contribution is -2.29. The highest BCUT2D eigenvalue weighted by molar-refractivity contribution is 7.92. The highest BCUT2D eigenvalue weighted by Crippen LogP contribution is 2.32. The molecule has 162 valence electrons.